The number of benzene rings is 2. The van der Waals surface area contributed by atoms with E-state index in [0.717, 1.165) is 48.6 Å². The number of hydrogen-bond acceptors (Lipinski definition) is 4. The van der Waals surface area contributed by atoms with Gasteiger partial charge in [0, 0.05) is 35.6 Å². The zero-order valence-electron chi connectivity index (χ0n) is 15.6. The van der Waals surface area contributed by atoms with Crippen LogP contribution >= 0.6 is 11.3 Å². The lowest BCUT2D eigenvalue weighted by molar-refractivity contribution is 0.0813. The number of nitrogens with zero attached hydrogens (tertiary/aromatic N) is 2. The third-order valence-corrected chi connectivity index (χ3v) is 6.10. The predicted octanol–water partition coefficient (Wildman–Crippen LogP) is 5.21. The Bertz CT molecular complexity index is 902. The van der Waals surface area contributed by atoms with E-state index in [4.69, 9.17) is 0 Å². The highest BCUT2D eigenvalue weighted by atomic mass is 32.1. The normalized spacial score (nSPS) is 17.7. The largest absolute Gasteiger partial charge is 0.297 e. The highest BCUT2D eigenvalue weighted by Crippen LogP contribution is 2.25. The highest BCUT2D eigenvalue weighted by molar-refractivity contribution is 7.11. The first kappa shape index (κ1) is 18.1. The zero-order valence-corrected chi connectivity index (χ0v) is 16.4. The first-order chi connectivity index (χ1) is 13.2. The van der Waals surface area contributed by atoms with Gasteiger partial charge in [-0.15, -0.1) is 11.3 Å². The maximum Gasteiger partial charge on any atom is 0.167 e. The summed E-state index contributed by atoms with van der Waals surface area (Å²) in [6.07, 6.45) is 4.03. The van der Waals surface area contributed by atoms with E-state index in [1.54, 1.807) is 11.3 Å². The van der Waals surface area contributed by atoms with Crippen LogP contribution in [0.4, 0.5) is 0 Å². The number of ketones is 1. The van der Waals surface area contributed by atoms with Gasteiger partial charge in [0.15, 0.2) is 5.78 Å². The van der Waals surface area contributed by atoms with Crippen molar-refractivity contribution in [2.24, 2.45) is 5.92 Å². The molecule has 1 aromatic heterocycles. The molecule has 0 amide bonds. The van der Waals surface area contributed by atoms with Crippen LogP contribution in [-0.2, 0) is 6.54 Å². The van der Waals surface area contributed by atoms with Gasteiger partial charge in [0.1, 0.15) is 0 Å². The van der Waals surface area contributed by atoms with E-state index < -0.39 is 0 Å². The number of carbonyl (C=O) groups excluding carboxylic acids is 1. The van der Waals surface area contributed by atoms with E-state index >= 15 is 0 Å². The van der Waals surface area contributed by atoms with Gasteiger partial charge in [-0.2, -0.15) is 0 Å². The van der Waals surface area contributed by atoms with Crippen molar-refractivity contribution in [1.82, 2.24) is 9.88 Å². The summed E-state index contributed by atoms with van der Waals surface area (Å²) in [4.78, 5) is 21.0. The molecule has 1 aliphatic rings. The van der Waals surface area contributed by atoms with Crippen molar-refractivity contribution in [3.05, 3.63) is 76.2 Å². The number of aromatic nitrogens is 1. The van der Waals surface area contributed by atoms with Crippen LogP contribution in [0.3, 0.4) is 0 Å². The highest BCUT2D eigenvalue weighted by Gasteiger charge is 2.26. The molecule has 0 saturated carbocycles. The van der Waals surface area contributed by atoms with Gasteiger partial charge in [0.25, 0.3) is 0 Å². The third-order valence-electron chi connectivity index (χ3n) is 5.20. The van der Waals surface area contributed by atoms with Gasteiger partial charge in [-0.05, 0) is 37.4 Å². The van der Waals surface area contributed by atoms with Gasteiger partial charge in [-0.3, -0.25) is 9.69 Å². The molecule has 3 aromatic rings. The number of thiazole rings is 1. The molecule has 1 unspecified atom stereocenters. The SMILES string of the molecule is Cc1ncc(CN2CCCC(C(=O)c3ccc(-c4ccccc4)cc3)C2)s1. The number of carbonyl (C=O) groups is 1. The standard InChI is InChI=1S/C23H24N2OS/c1-17-24-14-22(27-17)16-25-13-5-8-21(15-25)23(26)20-11-9-19(10-12-20)18-6-3-2-4-7-18/h2-4,6-7,9-12,14,21H,5,8,13,15-16H2,1H3. The van der Waals surface area contributed by atoms with Crippen LogP contribution in [0.2, 0.25) is 0 Å². The smallest absolute Gasteiger partial charge is 0.167 e. The number of hydrogen-bond donors (Lipinski definition) is 0. The molecule has 0 bridgehead atoms. The molecule has 138 valence electrons. The van der Waals surface area contributed by atoms with Crippen molar-refractivity contribution < 1.29 is 4.79 Å². The molecule has 3 nitrogen and oxygen atoms in total. The molecule has 0 spiro atoms. The van der Waals surface area contributed by atoms with Crippen LogP contribution in [0.15, 0.2) is 60.8 Å². The molecule has 1 fully saturated rings. The Hall–Kier alpha value is -2.30. The molecular formula is C23H24N2OS. The first-order valence-electron chi connectivity index (χ1n) is 9.52. The van der Waals surface area contributed by atoms with Crippen molar-refractivity contribution in [2.75, 3.05) is 13.1 Å². The predicted molar refractivity (Wildman–Crippen MR) is 111 cm³/mol. The second-order valence-corrected chi connectivity index (χ2v) is 8.55. The molecule has 0 N–H and O–H groups in total. The topological polar surface area (TPSA) is 33.2 Å². The number of piperidine rings is 1. The van der Waals surface area contributed by atoms with Crippen molar-refractivity contribution in [3.63, 3.8) is 0 Å². The van der Waals surface area contributed by atoms with Crippen LogP contribution in [0.5, 0.6) is 0 Å². The van der Waals surface area contributed by atoms with Crippen molar-refractivity contribution in [3.8, 4) is 11.1 Å². The van der Waals surface area contributed by atoms with Gasteiger partial charge in [0.05, 0.1) is 5.01 Å². The van der Waals surface area contributed by atoms with Crippen molar-refractivity contribution in [1.29, 1.82) is 0 Å². The van der Waals surface area contributed by atoms with E-state index in [-0.39, 0.29) is 11.7 Å². The summed E-state index contributed by atoms with van der Waals surface area (Å²) in [6, 6.07) is 18.4. The van der Waals surface area contributed by atoms with Gasteiger partial charge < -0.3 is 0 Å². The van der Waals surface area contributed by atoms with Gasteiger partial charge in [-0.25, -0.2) is 4.98 Å². The minimum absolute atomic E-state index is 0.0929. The molecule has 2 heterocycles. The van der Waals surface area contributed by atoms with E-state index in [1.165, 1.54) is 10.4 Å². The molecule has 0 radical (unpaired) electrons. The fourth-order valence-corrected chi connectivity index (χ4v) is 4.64. The number of aryl methyl sites for hydroxylation is 1. The minimum Gasteiger partial charge on any atom is -0.297 e. The number of likely N-dealkylation sites (tertiary alicyclic amines) is 1. The summed E-state index contributed by atoms with van der Waals surface area (Å²) >= 11 is 1.75. The summed E-state index contributed by atoms with van der Waals surface area (Å²) in [6.45, 7) is 4.85. The lowest BCUT2D eigenvalue weighted by atomic mass is 9.89. The second kappa shape index (κ2) is 8.15. The first-order valence-corrected chi connectivity index (χ1v) is 10.3. The Labute approximate surface area is 164 Å². The van der Waals surface area contributed by atoms with Crippen molar-refractivity contribution in [2.45, 2.75) is 26.3 Å². The summed E-state index contributed by atoms with van der Waals surface area (Å²) in [5.41, 5.74) is 3.16. The lowest BCUT2D eigenvalue weighted by Gasteiger charge is -2.31. The van der Waals surface area contributed by atoms with Gasteiger partial charge >= 0.3 is 0 Å². The Morgan fingerprint density at radius 1 is 1.11 bits per heavy atom. The van der Waals surface area contributed by atoms with Crippen LogP contribution in [0.25, 0.3) is 11.1 Å². The monoisotopic (exact) mass is 376 g/mol. The van der Waals surface area contributed by atoms with Crippen LogP contribution in [-0.4, -0.2) is 28.8 Å². The Morgan fingerprint density at radius 2 is 1.85 bits per heavy atom. The van der Waals surface area contributed by atoms with E-state index in [1.807, 2.05) is 43.5 Å². The van der Waals surface area contributed by atoms with Crippen LogP contribution in [0.1, 0.15) is 33.1 Å². The third kappa shape index (κ3) is 4.34. The van der Waals surface area contributed by atoms with E-state index in [2.05, 4.69) is 34.1 Å². The lowest BCUT2D eigenvalue weighted by Crippen LogP contribution is -2.38. The summed E-state index contributed by atoms with van der Waals surface area (Å²) in [5.74, 6) is 0.371. The molecule has 2 aromatic carbocycles. The minimum atomic E-state index is 0.0929. The van der Waals surface area contributed by atoms with Crippen LogP contribution < -0.4 is 0 Å². The Morgan fingerprint density at radius 3 is 2.56 bits per heavy atom. The van der Waals surface area contributed by atoms with Crippen molar-refractivity contribution >= 4 is 17.1 Å². The zero-order chi connectivity index (χ0) is 18.6. The Kier molecular flexibility index (Phi) is 5.46. The molecule has 1 saturated heterocycles. The second-order valence-electron chi connectivity index (χ2n) is 7.23. The average molecular weight is 377 g/mol. The molecular weight excluding hydrogens is 352 g/mol. The fraction of sp³-hybridized carbons (Fsp3) is 0.304. The quantitative estimate of drug-likeness (QED) is 0.573. The average Bonchev–Trinajstić information content (AvgIpc) is 3.13. The molecule has 4 rings (SSSR count). The summed E-state index contributed by atoms with van der Waals surface area (Å²) in [5, 5.41) is 1.10. The van der Waals surface area contributed by atoms with Gasteiger partial charge in [-0.1, -0.05) is 54.6 Å². The summed E-state index contributed by atoms with van der Waals surface area (Å²) < 4.78 is 0. The maximum absolute atomic E-state index is 13.0. The molecule has 1 atom stereocenters. The van der Waals surface area contributed by atoms with Gasteiger partial charge in [0.2, 0.25) is 0 Å². The van der Waals surface area contributed by atoms with E-state index in [9.17, 15) is 4.79 Å². The molecule has 0 aliphatic carbocycles. The number of Topliss-reactive ketones (excluding diaryl/α,β-unsaturated/α-hetero) is 1. The van der Waals surface area contributed by atoms with Crippen LogP contribution in [0, 0.1) is 12.8 Å². The fourth-order valence-electron chi connectivity index (χ4n) is 3.81. The molecule has 4 heteroatoms. The molecule has 1 aliphatic heterocycles. The number of rotatable bonds is 5. The maximum atomic E-state index is 13.0. The molecule has 27 heavy (non-hydrogen) atoms. The summed E-state index contributed by atoms with van der Waals surface area (Å²) in [7, 11) is 0. The van der Waals surface area contributed by atoms with E-state index in [0.29, 0.717) is 0 Å². The Balaban J connectivity index is 1.42.